The first kappa shape index (κ1) is 13.1. The lowest BCUT2D eigenvalue weighted by molar-refractivity contribution is 0.545. The maximum Gasteiger partial charge on any atom is 0.332 e. The molecule has 7 nitrogen and oxygen atoms in total. The highest BCUT2D eigenvalue weighted by molar-refractivity contribution is 5.55. The molecule has 1 heterocycles. The molecule has 2 N–H and O–H groups in total. The average molecular weight is 240 g/mol. The van der Waals surface area contributed by atoms with Gasteiger partial charge in [0.15, 0.2) is 0 Å². The Bertz CT molecular complexity index is 530. The Labute approximate surface area is 97.8 Å². The predicted octanol–water partition coefficient (Wildman–Crippen LogP) is 0.810. The van der Waals surface area contributed by atoms with Crippen LogP contribution in [0, 0.1) is 4.91 Å². The summed E-state index contributed by atoms with van der Waals surface area (Å²) in [4.78, 5) is 34.3. The van der Waals surface area contributed by atoms with Gasteiger partial charge in [0.05, 0.1) is 0 Å². The van der Waals surface area contributed by atoms with Crippen molar-refractivity contribution in [3.63, 3.8) is 0 Å². The maximum atomic E-state index is 11.9. The fraction of sp³-hybridized carbons (Fsp3) is 0.600. The van der Waals surface area contributed by atoms with Gasteiger partial charge in [-0.2, -0.15) is 0 Å². The van der Waals surface area contributed by atoms with E-state index in [0.717, 1.165) is 11.0 Å². The average Bonchev–Trinajstić information content (AvgIpc) is 2.30. The van der Waals surface area contributed by atoms with Crippen LogP contribution in [0.1, 0.15) is 26.7 Å². The smallest absolute Gasteiger partial charge is 0.332 e. The molecule has 0 spiro atoms. The van der Waals surface area contributed by atoms with Crippen molar-refractivity contribution in [3.8, 4) is 0 Å². The zero-order valence-corrected chi connectivity index (χ0v) is 9.97. The second-order valence-electron chi connectivity index (χ2n) is 3.66. The van der Waals surface area contributed by atoms with E-state index in [0.29, 0.717) is 13.0 Å². The molecule has 0 fully saturated rings. The number of hydrogen-bond acceptors (Lipinski definition) is 5. The lowest BCUT2D eigenvalue weighted by Crippen LogP contribution is -2.40. The molecular formula is C10H16N4O3. The highest BCUT2D eigenvalue weighted by Gasteiger charge is 2.16. The first-order chi connectivity index (χ1) is 8.08. The van der Waals surface area contributed by atoms with Crippen molar-refractivity contribution in [2.24, 2.45) is 5.18 Å². The van der Waals surface area contributed by atoms with E-state index >= 15 is 0 Å². The molecule has 0 aliphatic heterocycles. The Morgan fingerprint density at radius 2 is 1.88 bits per heavy atom. The summed E-state index contributed by atoms with van der Waals surface area (Å²) in [5.74, 6) is -0.162. The van der Waals surface area contributed by atoms with Gasteiger partial charge in [0.2, 0.25) is 5.69 Å². The summed E-state index contributed by atoms with van der Waals surface area (Å²) in [6.45, 7) is 4.22. The minimum Gasteiger partial charge on any atom is -0.383 e. The quantitative estimate of drug-likeness (QED) is 0.769. The van der Waals surface area contributed by atoms with E-state index in [9.17, 15) is 14.5 Å². The Balaban J connectivity index is 3.54. The number of anilines is 1. The normalized spacial score (nSPS) is 10.5. The number of unbranched alkanes of at least 4 members (excludes halogenated alkanes) is 1. The van der Waals surface area contributed by atoms with Gasteiger partial charge >= 0.3 is 5.69 Å². The van der Waals surface area contributed by atoms with Crippen molar-refractivity contribution in [3.05, 3.63) is 25.7 Å². The van der Waals surface area contributed by atoms with Crippen LogP contribution in [0.5, 0.6) is 0 Å². The maximum absolute atomic E-state index is 11.9. The van der Waals surface area contributed by atoms with Crippen LogP contribution < -0.4 is 17.0 Å². The van der Waals surface area contributed by atoms with E-state index in [2.05, 4.69) is 5.18 Å². The molecule has 0 radical (unpaired) electrons. The zero-order chi connectivity index (χ0) is 13.0. The van der Waals surface area contributed by atoms with E-state index in [-0.39, 0.29) is 18.1 Å². The van der Waals surface area contributed by atoms with Crippen LogP contribution in [0.15, 0.2) is 14.8 Å². The van der Waals surface area contributed by atoms with Crippen LogP contribution >= 0.6 is 0 Å². The van der Waals surface area contributed by atoms with Crippen molar-refractivity contribution < 1.29 is 0 Å². The van der Waals surface area contributed by atoms with Crippen LogP contribution in [-0.4, -0.2) is 9.13 Å². The number of nitrogen functional groups attached to an aromatic ring is 1. The standard InChI is InChI=1S/C10H16N4O3/c1-3-5-6-14-9(15)7(12-17)8(11)13(4-2)10(14)16/h3-6,11H2,1-2H3. The van der Waals surface area contributed by atoms with E-state index in [4.69, 9.17) is 5.73 Å². The Hall–Kier alpha value is -1.92. The predicted molar refractivity (Wildman–Crippen MR) is 65.4 cm³/mol. The Kier molecular flexibility index (Phi) is 4.19. The molecule has 7 heteroatoms. The monoisotopic (exact) mass is 240 g/mol. The molecule has 1 aromatic heterocycles. The zero-order valence-electron chi connectivity index (χ0n) is 9.97. The SMILES string of the molecule is CCCCn1c(=O)c(N=O)c(N)n(CC)c1=O. The van der Waals surface area contributed by atoms with E-state index in [1.165, 1.54) is 4.57 Å². The number of nitrogens with zero attached hydrogens (tertiary/aromatic N) is 3. The second kappa shape index (κ2) is 5.42. The summed E-state index contributed by atoms with van der Waals surface area (Å²) in [5.41, 5.74) is 3.98. The summed E-state index contributed by atoms with van der Waals surface area (Å²) in [6, 6.07) is 0. The number of rotatable bonds is 5. The second-order valence-corrected chi connectivity index (χ2v) is 3.66. The molecular weight excluding hydrogens is 224 g/mol. The van der Waals surface area contributed by atoms with Gasteiger partial charge < -0.3 is 5.73 Å². The van der Waals surface area contributed by atoms with Crippen molar-refractivity contribution >= 4 is 11.5 Å². The third-order valence-corrected chi connectivity index (χ3v) is 2.59. The molecule has 0 aliphatic rings. The van der Waals surface area contributed by atoms with E-state index < -0.39 is 11.2 Å². The minimum absolute atomic E-state index is 0.162. The van der Waals surface area contributed by atoms with Gasteiger partial charge in [-0.25, -0.2) is 4.79 Å². The van der Waals surface area contributed by atoms with E-state index in [1.807, 2.05) is 6.92 Å². The van der Waals surface area contributed by atoms with Gasteiger partial charge in [-0.1, -0.05) is 13.3 Å². The first-order valence-electron chi connectivity index (χ1n) is 5.54. The summed E-state index contributed by atoms with van der Waals surface area (Å²) < 4.78 is 2.19. The topological polar surface area (TPSA) is 99.4 Å². The van der Waals surface area contributed by atoms with Gasteiger partial charge in [-0.05, 0) is 18.5 Å². The van der Waals surface area contributed by atoms with Gasteiger partial charge in [0.25, 0.3) is 5.56 Å². The molecule has 0 saturated heterocycles. The third-order valence-electron chi connectivity index (χ3n) is 2.59. The van der Waals surface area contributed by atoms with Crippen LogP contribution in [0.25, 0.3) is 0 Å². The van der Waals surface area contributed by atoms with Crippen molar-refractivity contribution in [1.82, 2.24) is 9.13 Å². The molecule has 0 saturated carbocycles. The molecule has 0 bridgehead atoms. The van der Waals surface area contributed by atoms with Gasteiger partial charge in [0, 0.05) is 13.1 Å². The summed E-state index contributed by atoms with van der Waals surface area (Å²) in [6.07, 6.45) is 1.52. The van der Waals surface area contributed by atoms with Gasteiger partial charge in [-0.3, -0.25) is 13.9 Å². The largest absolute Gasteiger partial charge is 0.383 e. The lowest BCUT2D eigenvalue weighted by atomic mass is 10.3. The highest BCUT2D eigenvalue weighted by Crippen LogP contribution is 2.13. The molecule has 0 atom stereocenters. The first-order valence-corrected chi connectivity index (χ1v) is 5.54. The number of nitrogens with two attached hydrogens (primary N) is 1. The van der Waals surface area contributed by atoms with Crippen LogP contribution in [0.2, 0.25) is 0 Å². The number of hydrogen-bond donors (Lipinski definition) is 1. The van der Waals surface area contributed by atoms with Crippen molar-refractivity contribution in [1.29, 1.82) is 0 Å². The fourth-order valence-electron chi connectivity index (χ4n) is 1.61. The molecule has 0 aromatic carbocycles. The Morgan fingerprint density at radius 1 is 1.24 bits per heavy atom. The molecule has 1 aromatic rings. The number of nitroso groups, excluding NO2 is 1. The van der Waals surface area contributed by atoms with E-state index in [1.54, 1.807) is 6.92 Å². The summed E-state index contributed by atoms with van der Waals surface area (Å²) >= 11 is 0. The summed E-state index contributed by atoms with van der Waals surface area (Å²) in [7, 11) is 0. The van der Waals surface area contributed by atoms with Gasteiger partial charge in [-0.15, -0.1) is 4.91 Å². The van der Waals surface area contributed by atoms with Crippen molar-refractivity contribution in [2.45, 2.75) is 39.8 Å². The van der Waals surface area contributed by atoms with Crippen molar-refractivity contribution in [2.75, 3.05) is 5.73 Å². The van der Waals surface area contributed by atoms with Crippen LogP contribution in [0.3, 0.4) is 0 Å². The Morgan fingerprint density at radius 3 is 2.35 bits per heavy atom. The highest BCUT2D eigenvalue weighted by atomic mass is 16.3. The van der Waals surface area contributed by atoms with Crippen LogP contribution in [0.4, 0.5) is 11.5 Å². The lowest BCUT2D eigenvalue weighted by Gasteiger charge is -2.11. The molecule has 94 valence electrons. The fourth-order valence-corrected chi connectivity index (χ4v) is 1.61. The summed E-state index contributed by atoms with van der Waals surface area (Å²) in [5, 5.41) is 2.62. The van der Waals surface area contributed by atoms with Gasteiger partial charge in [0.1, 0.15) is 5.82 Å². The third kappa shape index (κ3) is 2.27. The minimum atomic E-state index is -0.708. The molecule has 17 heavy (non-hydrogen) atoms. The molecule has 0 amide bonds. The molecule has 0 unspecified atom stereocenters. The molecule has 0 aliphatic carbocycles. The molecule has 1 rings (SSSR count). The number of aromatic nitrogens is 2. The van der Waals surface area contributed by atoms with Crippen LogP contribution in [-0.2, 0) is 13.1 Å².